The third-order valence-corrected chi connectivity index (χ3v) is 4.44. The van der Waals surface area contributed by atoms with Gasteiger partial charge >= 0.3 is 0 Å². The van der Waals surface area contributed by atoms with Gasteiger partial charge in [-0.2, -0.15) is 0 Å². The molecule has 0 saturated heterocycles. The van der Waals surface area contributed by atoms with Crippen molar-refractivity contribution in [2.24, 2.45) is 0 Å². The minimum Gasteiger partial charge on any atom is -0.496 e. The van der Waals surface area contributed by atoms with Crippen molar-refractivity contribution < 1.29 is 14.6 Å². The van der Waals surface area contributed by atoms with E-state index in [9.17, 15) is 5.11 Å². The molecule has 0 saturated carbocycles. The summed E-state index contributed by atoms with van der Waals surface area (Å²) in [6.45, 7) is 1.17. The first-order valence-electron chi connectivity index (χ1n) is 7.55. The van der Waals surface area contributed by atoms with Gasteiger partial charge in [-0.1, -0.05) is 23.7 Å². The van der Waals surface area contributed by atoms with Gasteiger partial charge in [-0.25, -0.2) is 0 Å². The van der Waals surface area contributed by atoms with E-state index in [1.807, 2.05) is 42.3 Å². The van der Waals surface area contributed by atoms with Crippen LogP contribution in [0.2, 0.25) is 5.02 Å². The Kier molecular flexibility index (Phi) is 4.76. The highest BCUT2D eigenvalue weighted by Crippen LogP contribution is 2.33. The van der Waals surface area contributed by atoms with Gasteiger partial charge in [0.05, 0.1) is 7.11 Å². The van der Waals surface area contributed by atoms with Gasteiger partial charge in [0, 0.05) is 28.3 Å². The zero-order valence-electron chi connectivity index (χ0n) is 13.3. The highest BCUT2D eigenvalue weighted by molar-refractivity contribution is 6.30. The van der Waals surface area contributed by atoms with Crippen molar-refractivity contribution in [2.75, 3.05) is 20.7 Å². The normalized spacial score (nSPS) is 17.7. The van der Waals surface area contributed by atoms with Crippen LogP contribution in [-0.2, 0) is 13.0 Å². The lowest BCUT2D eigenvalue weighted by atomic mass is 9.97. The summed E-state index contributed by atoms with van der Waals surface area (Å²) in [5.74, 6) is 1.55. The number of rotatable bonds is 4. The molecule has 0 aromatic heterocycles. The van der Waals surface area contributed by atoms with E-state index in [1.165, 1.54) is 0 Å². The monoisotopic (exact) mass is 333 g/mol. The summed E-state index contributed by atoms with van der Waals surface area (Å²) >= 11 is 6.06. The summed E-state index contributed by atoms with van der Waals surface area (Å²) in [4.78, 5) is 1.92. The molecule has 1 heterocycles. The van der Waals surface area contributed by atoms with Crippen LogP contribution < -0.4 is 9.47 Å². The maximum atomic E-state index is 10.3. The molecule has 0 aliphatic carbocycles. The molecule has 0 amide bonds. The van der Waals surface area contributed by atoms with Crippen LogP contribution in [0.15, 0.2) is 36.4 Å². The molecule has 0 radical (unpaired) electrons. The molecule has 1 aliphatic heterocycles. The van der Waals surface area contributed by atoms with Crippen molar-refractivity contribution in [3.05, 3.63) is 58.1 Å². The SMILES string of the molecule is COc1ccc(Cl)cc1COc1cccc2c1CCN(C)C2O. The van der Waals surface area contributed by atoms with Gasteiger partial charge < -0.3 is 14.6 Å². The van der Waals surface area contributed by atoms with Crippen molar-refractivity contribution in [1.82, 2.24) is 4.90 Å². The molecule has 0 bridgehead atoms. The number of fused-ring (bicyclic) bond motifs is 1. The van der Waals surface area contributed by atoms with E-state index in [4.69, 9.17) is 21.1 Å². The molecule has 4 nitrogen and oxygen atoms in total. The molecule has 1 unspecified atom stereocenters. The molecule has 122 valence electrons. The Morgan fingerprint density at radius 1 is 1.26 bits per heavy atom. The first kappa shape index (κ1) is 16.1. The molecule has 5 heteroatoms. The van der Waals surface area contributed by atoms with Gasteiger partial charge in [0.15, 0.2) is 0 Å². The number of likely N-dealkylation sites (N-methyl/N-ethyl adjacent to an activating group) is 1. The lowest BCUT2D eigenvalue weighted by Gasteiger charge is -2.31. The van der Waals surface area contributed by atoms with E-state index in [-0.39, 0.29) is 0 Å². The van der Waals surface area contributed by atoms with E-state index in [0.29, 0.717) is 11.6 Å². The molecule has 2 aromatic carbocycles. The summed E-state index contributed by atoms with van der Waals surface area (Å²) in [7, 11) is 3.54. The zero-order chi connectivity index (χ0) is 16.4. The summed E-state index contributed by atoms with van der Waals surface area (Å²) in [5.41, 5.74) is 2.87. The van der Waals surface area contributed by atoms with Crippen LogP contribution in [0, 0.1) is 0 Å². The molecule has 2 aromatic rings. The third kappa shape index (κ3) is 3.29. The van der Waals surface area contributed by atoms with E-state index in [0.717, 1.165) is 41.2 Å². The van der Waals surface area contributed by atoms with Crippen LogP contribution in [0.5, 0.6) is 11.5 Å². The molecule has 1 aliphatic rings. The molecule has 23 heavy (non-hydrogen) atoms. The molecule has 3 rings (SSSR count). The Morgan fingerprint density at radius 2 is 2.09 bits per heavy atom. The number of benzene rings is 2. The lowest BCUT2D eigenvalue weighted by molar-refractivity contribution is 0.0121. The highest BCUT2D eigenvalue weighted by atomic mass is 35.5. The van der Waals surface area contributed by atoms with Crippen LogP contribution in [0.25, 0.3) is 0 Å². The van der Waals surface area contributed by atoms with Crippen LogP contribution in [-0.4, -0.2) is 30.7 Å². The lowest BCUT2D eigenvalue weighted by Crippen LogP contribution is -2.32. The smallest absolute Gasteiger partial charge is 0.133 e. The number of aliphatic hydroxyl groups is 1. The van der Waals surface area contributed by atoms with Crippen molar-refractivity contribution >= 4 is 11.6 Å². The first-order chi connectivity index (χ1) is 11.1. The fourth-order valence-corrected chi connectivity index (χ4v) is 3.09. The van der Waals surface area contributed by atoms with Crippen molar-refractivity contribution in [1.29, 1.82) is 0 Å². The molecule has 1 atom stereocenters. The van der Waals surface area contributed by atoms with E-state index in [1.54, 1.807) is 13.2 Å². The van der Waals surface area contributed by atoms with E-state index in [2.05, 4.69) is 0 Å². The van der Waals surface area contributed by atoms with Crippen molar-refractivity contribution in [2.45, 2.75) is 19.3 Å². The number of methoxy groups -OCH3 is 1. The molecular formula is C18H20ClNO3. The molecule has 0 spiro atoms. The van der Waals surface area contributed by atoms with Gasteiger partial charge in [0.2, 0.25) is 0 Å². The van der Waals surface area contributed by atoms with Gasteiger partial charge in [0.25, 0.3) is 0 Å². The second-order valence-corrected chi connectivity index (χ2v) is 6.11. The molecule has 1 N–H and O–H groups in total. The largest absolute Gasteiger partial charge is 0.496 e. The summed E-state index contributed by atoms with van der Waals surface area (Å²) in [6.07, 6.45) is 0.272. The van der Waals surface area contributed by atoms with Crippen LogP contribution in [0.4, 0.5) is 0 Å². The highest BCUT2D eigenvalue weighted by Gasteiger charge is 2.24. The van der Waals surface area contributed by atoms with Gasteiger partial charge in [-0.15, -0.1) is 0 Å². The Balaban J connectivity index is 1.84. The summed E-state index contributed by atoms with van der Waals surface area (Å²) in [6, 6.07) is 11.3. The number of hydrogen-bond acceptors (Lipinski definition) is 4. The van der Waals surface area contributed by atoms with Gasteiger partial charge in [-0.3, -0.25) is 4.90 Å². The van der Waals surface area contributed by atoms with E-state index >= 15 is 0 Å². The number of nitrogens with zero attached hydrogens (tertiary/aromatic N) is 1. The number of aliphatic hydroxyl groups excluding tert-OH is 1. The number of halogens is 1. The van der Waals surface area contributed by atoms with Crippen LogP contribution in [0.3, 0.4) is 0 Å². The van der Waals surface area contributed by atoms with Gasteiger partial charge in [0.1, 0.15) is 24.3 Å². The average molecular weight is 334 g/mol. The fourth-order valence-electron chi connectivity index (χ4n) is 2.89. The third-order valence-electron chi connectivity index (χ3n) is 4.21. The second-order valence-electron chi connectivity index (χ2n) is 5.67. The maximum absolute atomic E-state index is 10.3. The maximum Gasteiger partial charge on any atom is 0.133 e. The number of hydrogen-bond donors (Lipinski definition) is 1. The minimum atomic E-state index is -0.581. The standard InChI is InChI=1S/C18H20ClNO3/c1-20-9-8-14-15(18(20)21)4-3-5-17(14)23-11-12-10-13(19)6-7-16(12)22-2/h3-7,10,18,21H,8-9,11H2,1-2H3. The first-order valence-corrected chi connectivity index (χ1v) is 7.93. The molecular weight excluding hydrogens is 314 g/mol. The van der Waals surface area contributed by atoms with Crippen molar-refractivity contribution in [3.63, 3.8) is 0 Å². The zero-order valence-corrected chi connectivity index (χ0v) is 14.0. The van der Waals surface area contributed by atoms with Crippen LogP contribution >= 0.6 is 11.6 Å². The minimum absolute atomic E-state index is 0.367. The Morgan fingerprint density at radius 3 is 2.87 bits per heavy atom. The fraction of sp³-hybridized carbons (Fsp3) is 0.333. The van der Waals surface area contributed by atoms with E-state index < -0.39 is 6.23 Å². The average Bonchev–Trinajstić information content (AvgIpc) is 2.56. The van der Waals surface area contributed by atoms with Gasteiger partial charge in [-0.05, 0) is 37.7 Å². The Hall–Kier alpha value is -1.75. The Bertz CT molecular complexity index is 705. The van der Waals surface area contributed by atoms with Crippen LogP contribution in [0.1, 0.15) is 22.9 Å². The summed E-state index contributed by atoms with van der Waals surface area (Å²) < 4.78 is 11.4. The summed E-state index contributed by atoms with van der Waals surface area (Å²) in [5, 5.41) is 10.9. The second kappa shape index (κ2) is 6.79. The number of ether oxygens (including phenoxy) is 2. The predicted octanol–water partition coefficient (Wildman–Crippen LogP) is 3.41. The predicted molar refractivity (Wildman–Crippen MR) is 90.1 cm³/mol. The quantitative estimate of drug-likeness (QED) is 0.931. The Labute approximate surface area is 141 Å². The topological polar surface area (TPSA) is 41.9 Å². The molecule has 0 fully saturated rings. The van der Waals surface area contributed by atoms with Crippen molar-refractivity contribution in [3.8, 4) is 11.5 Å².